The van der Waals surface area contributed by atoms with Crippen molar-refractivity contribution in [1.29, 1.82) is 0 Å². The van der Waals surface area contributed by atoms with Gasteiger partial charge in [-0.2, -0.15) is 0 Å². The lowest BCUT2D eigenvalue weighted by atomic mass is 10.1. The Morgan fingerprint density at radius 3 is 3.12 bits per heavy atom. The molecule has 0 aliphatic rings. The number of aromatic amines is 1. The topological polar surface area (TPSA) is 75.2 Å². The second-order valence-corrected chi connectivity index (χ2v) is 3.83. The first-order chi connectivity index (χ1) is 8.22. The zero-order valence-electron chi connectivity index (χ0n) is 9.56. The normalized spacial score (nSPS) is 10.9. The number of carboxylic acid groups (broad SMARTS) is 1. The van der Waals surface area contributed by atoms with Crippen molar-refractivity contribution in [3.8, 4) is 0 Å². The molecule has 0 saturated heterocycles. The first kappa shape index (κ1) is 11.6. The third-order valence-corrected chi connectivity index (χ3v) is 2.67. The lowest BCUT2D eigenvalue weighted by molar-refractivity contribution is 0.0690. The lowest BCUT2D eigenvalue weighted by Crippen LogP contribution is -1.99. The van der Waals surface area contributed by atoms with Gasteiger partial charge in [0.05, 0.1) is 0 Å². The van der Waals surface area contributed by atoms with Gasteiger partial charge in [-0.1, -0.05) is 0 Å². The summed E-state index contributed by atoms with van der Waals surface area (Å²) in [5, 5.41) is 9.81. The van der Waals surface area contributed by atoms with E-state index in [1.165, 1.54) is 0 Å². The van der Waals surface area contributed by atoms with Crippen molar-refractivity contribution in [2.45, 2.75) is 12.8 Å². The molecule has 0 saturated carbocycles. The quantitative estimate of drug-likeness (QED) is 0.774. The Balaban J connectivity index is 2.25. The summed E-state index contributed by atoms with van der Waals surface area (Å²) < 4.78 is 5.00. The number of nitrogens with zero attached hydrogens (tertiary/aromatic N) is 1. The number of fused-ring (bicyclic) bond motifs is 1. The molecule has 17 heavy (non-hydrogen) atoms. The van der Waals surface area contributed by atoms with Crippen molar-refractivity contribution in [2.24, 2.45) is 0 Å². The van der Waals surface area contributed by atoms with Gasteiger partial charge < -0.3 is 14.8 Å². The van der Waals surface area contributed by atoms with Gasteiger partial charge in [0.1, 0.15) is 5.69 Å². The molecule has 5 nitrogen and oxygen atoms in total. The standard InChI is InChI=1S/C12H14N2O3/c1-17-4-2-3-8-6-13-10-5-11(12(15)16)14-7-9(8)10/h5-7,13H,2-4H2,1H3,(H,15,16). The lowest BCUT2D eigenvalue weighted by Gasteiger charge is -1.99. The summed E-state index contributed by atoms with van der Waals surface area (Å²) in [7, 11) is 1.68. The van der Waals surface area contributed by atoms with Crippen molar-refractivity contribution in [2.75, 3.05) is 13.7 Å². The molecule has 0 aromatic carbocycles. The molecule has 0 fully saturated rings. The van der Waals surface area contributed by atoms with Crippen molar-refractivity contribution in [3.63, 3.8) is 0 Å². The van der Waals surface area contributed by atoms with E-state index in [0.717, 1.165) is 29.3 Å². The Kier molecular flexibility index (Phi) is 3.39. The van der Waals surface area contributed by atoms with E-state index < -0.39 is 5.97 Å². The van der Waals surface area contributed by atoms with Crippen molar-refractivity contribution >= 4 is 16.9 Å². The van der Waals surface area contributed by atoms with E-state index in [1.54, 1.807) is 19.4 Å². The van der Waals surface area contributed by atoms with Gasteiger partial charge in [0, 0.05) is 37.0 Å². The molecule has 90 valence electrons. The summed E-state index contributed by atoms with van der Waals surface area (Å²) in [6.07, 6.45) is 5.33. The first-order valence-corrected chi connectivity index (χ1v) is 5.40. The van der Waals surface area contributed by atoms with Gasteiger partial charge in [-0.05, 0) is 24.5 Å². The highest BCUT2D eigenvalue weighted by atomic mass is 16.5. The average molecular weight is 234 g/mol. The maximum atomic E-state index is 10.8. The molecule has 0 aliphatic heterocycles. The maximum Gasteiger partial charge on any atom is 0.354 e. The van der Waals surface area contributed by atoms with Crippen LogP contribution in [0.4, 0.5) is 0 Å². The van der Waals surface area contributed by atoms with Crippen LogP contribution in [-0.2, 0) is 11.2 Å². The number of carbonyl (C=O) groups is 1. The fraction of sp³-hybridized carbons (Fsp3) is 0.333. The number of hydrogen-bond donors (Lipinski definition) is 2. The van der Waals surface area contributed by atoms with E-state index in [4.69, 9.17) is 9.84 Å². The van der Waals surface area contributed by atoms with Gasteiger partial charge in [0.2, 0.25) is 0 Å². The molecule has 5 heteroatoms. The predicted octanol–water partition coefficient (Wildman–Crippen LogP) is 1.84. The van der Waals surface area contributed by atoms with Gasteiger partial charge in [-0.3, -0.25) is 0 Å². The second kappa shape index (κ2) is 4.97. The van der Waals surface area contributed by atoms with E-state index in [-0.39, 0.29) is 5.69 Å². The Labute approximate surface area is 98.4 Å². The Bertz CT molecular complexity index is 534. The van der Waals surface area contributed by atoms with Crippen LogP contribution in [0.2, 0.25) is 0 Å². The zero-order chi connectivity index (χ0) is 12.3. The number of aromatic nitrogens is 2. The van der Waals surface area contributed by atoms with E-state index in [1.807, 2.05) is 6.20 Å². The molecule has 0 bridgehead atoms. The van der Waals surface area contributed by atoms with Crippen LogP contribution in [0.1, 0.15) is 22.5 Å². The van der Waals surface area contributed by atoms with Crippen molar-refractivity contribution in [3.05, 3.63) is 29.7 Å². The molecule has 0 unspecified atom stereocenters. The highest BCUT2D eigenvalue weighted by Crippen LogP contribution is 2.19. The monoisotopic (exact) mass is 234 g/mol. The molecular formula is C12H14N2O3. The van der Waals surface area contributed by atoms with Gasteiger partial charge in [-0.15, -0.1) is 0 Å². The summed E-state index contributed by atoms with van der Waals surface area (Å²) >= 11 is 0. The van der Waals surface area contributed by atoms with Crippen LogP contribution in [0.5, 0.6) is 0 Å². The number of aryl methyl sites for hydroxylation is 1. The van der Waals surface area contributed by atoms with E-state index in [2.05, 4.69) is 9.97 Å². The summed E-state index contributed by atoms with van der Waals surface area (Å²) in [6.45, 7) is 0.716. The van der Waals surface area contributed by atoms with Crippen molar-refractivity contribution < 1.29 is 14.6 Å². The minimum absolute atomic E-state index is 0.0581. The number of aromatic carboxylic acids is 1. The molecule has 0 aliphatic carbocycles. The predicted molar refractivity (Wildman–Crippen MR) is 63.3 cm³/mol. The minimum Gasteiger partial charge on any atom is -0.477 e. The summed E-state index contributed by atoms with van der Waals surface area (Å²) in [5.41, 5.74) is 2.01. The summed E-state index contributed by atoms with van der Waals surface area (Å²) in [5.74, 6) is -1.01. The largest absolute Gasteiger partial charge is 0.477 e. The second-order valence-electron chi connectivity index (χ2n) is 3.83. The minimum atomic E-state index is -1.01. The van der Waals surface area contributed by atoms with Crippen LogP contribution in [0.25, 0.3) is 10.9 Å². The zero-order valence-corrected chi connectivity index (χ0v) is 9.56. The number of nitrogens with one attached hydrogen (secondary N) is 1. The average Bonchev–Trinajstić information content (AvgIpc) is 2.72. The number of ether oxygens (including phenoxy) is 1. The highest BCUT2D eigenvalue weighted by molar-refractivity contribution is 5.91. The first-order valence-electron chi connectivity index (χ1n) is 5.40. The Morgan fingerprint density at radius 1 is 1.59 bits per heavy atom. The van der Waals surface area contributed by atoms with E-state index in [0.29, 0.717) is 6.61 Å². The fourth-order valence-electron chi connectivity index (χ4n) is 1.80. The van der Waals surface area contributed by atoms with Gasteiger partial charge in [0.25, 0.3) is 0 Å². The maximum absolute atomic E-state index is 10.8. The van der Waals surface area contributed by atoms with Gasteiger partial charge >= 0.3 is 5.97 Å². The Hall–Kier alpha value is -1.88. The summed E-state index contributed by atoms with van der Waals surface area (Å²) in [6, 6.07) is 1.55. The smallest absolute Gasteiger partial charge is 0.354 e. The molecule has 0 atom stereocenters. The van der Waals surface area contributed by atoms with Crippen LogP contribution in [-0.4, -0.2) is 34.8 Å². The fourth-order valence-corrected chi connectivity index (χ4v) is 1.80. The van der Waals surface area contributed by atoms with Gasteiger partial charge in [0.15, 0.2) is 0 Å². The number of hydrogen-bond acceptors (Lipinski definition) is 3. The molecular weight excluding hydrogens is 220 g/mol. The van der Waals surface area contributed by atoms with Crippen LogP contribution in [0.3, 0.4) is 0 Å². The third kappa shape index (κ3) is 2.45. The number of carboxylic acids is 1. The Morgan fingerprint density at radius 2 is 2.41 bits per heavy atom. The molecule has 2 N–H and O–H groups in total. The van der Waals surface area contributed by atoms with Crippen LogP contribution in [0, 0.1) is 0 Å². The number of pyridine rings is 1. The molecule has 0 spiro atoms. The highest BCUT2D eigenvalue weighted by Gasteiger charge is 2.09. The SMILES string of the molecule is COCCCc1c[nH]c2cc(C(=O)O)ncc12. The van der Waals surface area contributed by atoms with Crippen LogP contribution >= 0.6 is 0 Å². The van der Waals surface area contributed by atoms with Crippen LogP contribution < -0.4 is 0 Å². The van der Waals surface area contributed by atoms with Crippen molar-refractivity contribution in [1.82, 2.24) is 9.97 Å². The molecule has 0 amide bonds. The third-order valence-electron chi connectivity index (χ3n) is 2.67. The molecule has 2 aromatic rings. The number of rotatable bonds is 5. The van der Waals surface area contributed by atoms with E-state index in [9.17, 15) is 4.79 Å². The molecule has 2 rings (SSSR count). The van der Waals surface area contributed by atoms with E-state index >= 15 is 0 Å². The molecule has 0 radical (unpaired) electrons. The number of methoxy groups -OCH3 is 1. The number of H-pyrrole nitrogens is 1. The molecule has 2 aromatic heterocycles. The molecule has 2 heterocycles. The summed E-state index contributed by atoms with van der Waals surface area (Å²) in [4.78, 5) is 17.8. The van der Waals surface area contributed by atoms with Crippen LogP contribution in [0.15, 0.2) is 18.5 Å². The van der Waals surface area contributed by atoms with Gasteiger partial charge in [-0.25, -0.2) is 9.78 Å².